The van der Waals surface area contributed by atoms with E-state index in [0.29, 0.717) is 25.3 Å². The van der Waals surface area contributed by atoms with Gasteiger partial charge in [0.05, 0.1) is 34.4 Å². The standard InChI is InChI=1S/C12H11ClN2O2S/c13-10-6-15(4-5-17-10)12(16)8-2-1-3-9-11(8)18-7-14-9/h1-3,7,10H,4-6H2. The highest BCUT2D eigenvalue weighted by molar-refractivity contribution is 7.17. The number of aromatic nitrogens is 1. The summed E-state index contributed by atoms with van der Waals surface area (Å²) in [6, 6.07) is 5.60. The fourth-order valence-electron chi connectivity index (χ4n) is 2.02. The smallest absolute Gasteiger partial charge is 0.255 e. The maximum atomic E-state index is 12.4. The number of morpholine rings is 1. The Bertz CT molecular complexity index is 586. The van der Waals surface area contributed by atoms with Gasteiger partial charge in [-0.25, -0.2) is 4.98 Å². The molecule has 0 N–H and O–H groups in total. The monoisotopic (exact) mass is 282 g/mol. The van der Waals surface area contributed by atoms with Crippen LogP contribution in [0.4, 0.5) is 0 Å². The third kappa shape index (κ3) is 2.09. The third-order valence-electron chi connectivity index (χ3n) is 2.90. The summed E-state index contributed by atoms with van der Waals surface area (Å²) in [5, 5.41) is 0. The van der Waals surface area contributed by atoms with E-state index >= 15 is 0 Å². The first-order valence-electron chi connectivity index (χ1n) is 5.63. The normalized spacial score (nSPS) is 20.3. The van der Waals surface area contributed by atoms with Gasteiger partial charge in [-0.1, -0.05) is 17.7 Å². The maximum Gasteiger partial charge on any atom is 0.255 e. The molecule has 1 saturated heterocycles. The van der Waals surface area contributed by atoms with Gasteiger partial charge in [-0.05, 0) is 12.1 Å². The van der Waals surface area contributed by atoms with Crippen molar-refractivity contribution in [2.45, 2.75) is 5.56 Å². The molecule has 4 nitrogen and oxygen atoms in total. The molecular formula is C12H11ClN2O2S. The van der Waals surface area contributed by atoms with Crippen molar-refractivity contribution < 1.29 is 9.53 Å². The molecule has 94 valence electrons. The first-order valence-corrected chi connectivity index (χ1v) is 6.94. The van der Waals surface area contributed by atoms with Crippen LogP contribution < -0.4 is 0 Å². The molecule has 1 aromatic heterocycles. The molecule has 0 bridgehead atoms. The molecule has 0 aliphatic carbocycles. The van der Waals surface area contributed by atoms with E-state index in [0.717, 1.165) is 10.2 Å². The van der Waals surface area contributed by atoms with Crippen LogP contribution in [0.2, 0.25) is 0 Å². The Kier molecular flexibility index (Phi) is 3.20. The summed E-state index contributed by atoms with van der Waals surface area (Å²) in [5.74, 6) is -0.00111. The van der Waals surface area contributed by atoms with Gasteiger partial charge in [0.25, 0.3) is 5.91 Å². The van der Waals surface area contributed by atoms with E-state index in [1.165, 1.54) is 11.3 Å². The van der Waals surface area contributed by atoms with Crippen molar-refractivity contribution in [3.63, 3.8) is 0 Å². The Morgan fingerprint density at radius 2 is 2.44 bits per heavy atom. The summed E-state index contributed by atoms with van der Waals surface area (Å²) in [6.45, 7) is 1.49. The highest BCUT2D eigenvalue weighted by Gasteiger charge is 2.25. The zero-order valence-electron chi connectivity index (χ0n) is 9.51. The minimum atomic E-state index is -0.414. The molecule has 0 saturated carbocycles. The Morgan fingerprint density at radius 1 is 1.56 bits per heavy atom. The van der Waals surface area contributed by atoms with Gasteiger partial charge in [-0.3, -0.25) is 4.79 Å². The molecule has 0 spiro atoms. The van der Waals surface area contributed by atoms with E-state index in [1.807, 2.05) is 18.2 Å². The summed E-state index contributed by atoms with van der Waals surface area (Å²) < 4.78 is 6.16. The summed E-state index contributed by atoms with van der Waals surface area (Å²) in [5.41, 5.74) is 2.90. The molecule has 18 heavy (non-hydrogen) atoms. The molecule has 1 amide bonds. The predicted octanol–water partition coefficient (Wildman–Crippen LogP) is 2.33. The van der Waals surface area contributed by atoms with Gasteiger partial charge in [0, 0.05) is 6.54 Å². The molecule has 0 radical (unpaired) electrons. The van der Waals surface area contributed by atoms with Crippen molar-refractivity contribution in [2.24, 2.45) is 0 Å². The first-order chi connectivity index (χ1) is 8.75. The van der Waals surface area contributed by atoms with E-state index in [9.17, 15) is 4.79 Å². The number of fused-ring (bicyclic) bond motifs is 1. The highest BCUT2D eigenvalue weighted by atomic mass is 35.5. The number of carbonyl (C=O) groups excluding carboxylic acids is 1. The number of halogens is 1. The number of rotatable bonds is 1. The predicted molar refractivity (Wildman–Crippen MR) is 71.1 cm³/mol. The number of hydrogen-bond donors (Lipinski definition) is 0. The number of amides is 1. The van der Waals surface area contributed by atoms with Gasteiger partial charge in [0.2, 0.25) is 0 Å². The fourth-order valence-corrected chi connectivity index (χ4v) is 3.07. The quantitative estimate of drug-likeness (QED) is 0.754. The number of carbonyl (C=O) groups is 1. The van der Waals surface area contributed by atoms with Crippen LogP contribution in [-0.4, -0.2) is 41.1 Å². The van der Waals surface area contributed by atoms with E-state index in [2.05, 4.69) is 4.98 Å². The lowest BCUT2D eigenvalue weighted by Crippen LogP contribution is -2.43. The lowest BCUT2D eigenvalue weighted by atomic mass is 10.2. The largest absolute Gasteiger partial charge is 0.359 e. The average molecular weight is 283 g/mol. The zero-order chi connectivity index (χ0) is 12.5. The average Bonchev–Trinajstić information content (AvgIpc) is 2.86. The van der Waals surface area contributed by atoms with Crippen molar-refractivity contribution in [3.8, 4) is 0 Å². The zero-order valence-corrected chi connectivity index (χ0v) is 11.1. The molecule has 3 rings (SSSR count). The van der Waals surface area contributed by atoms with Crippen LogP contribution in [0.5, 0.6) is 0 Å². The van der Waals surface area contributed by atoms with Crippen LogP contribution in [0, 0.1) is 0 Å². The molecule has 2 aromatic rings. The summed E-state index contributed by atoms with van der Waals surface area (Å²) >= 11 is 7.40. The van der Waals surface area contributed by atoms with Gasteiger partial charge < -0.3 is 9.64 Å². The molecule has 1 aliphatic rings. The van der Waals surface area contributed by atoms with Crippen LogP contribution in [0.1, 0.15) is 10.4 Å². The van der Waals surface area contributed by atoms with Crippen LogP contribution in [0.15, 0.2) is 23.7 Å². The molecule has 1 unspecified atom stereocenters. The van der Waals surface area contributed by atoms with E-state index in [-0.39, 0.29) is 5.91 Å². The van der Waals surface area contributed by atoms with Crippen molar-refractivity contribution in [1.82, 2.24) is 9.88 Å². The minimum absolute atomic E-state index is 0.00111. The number of benzene rings is 1. The second-order valence-corrected chi connectivity index (χ2v) is 5.38. The van der Waals surface area contributed by atoms with Crippen molar-refractivity contribution in [3.05, 3.63) is 29.3 Å². The number of ether oxygens (including phenoxy) is 1. The van der Waals surface area contributed by atoms with Crippen LogP contribution >= 0.6 is 22.9 Å². The molecule has 2 heterocycles. The lowest BCUT2D eigenvalue weighted by Gasteiger charge is -2.30. The second kappa shape index (κ2) is 4.84. The Labute approximate surface area is 113 Å². The lowest BCUT2D eigenvalue weighted by molar-refractivity contribution is 0.0142. The van der Waals surface area contributed by atoms with Gasteiger partial charge in [-0.2, -0.15) is 0 Å². The number of alkyl halides is 1. The Morgan fingerprint density at radius 3 is 3.28 bits per heavy atom. The van der Waals surface area contributed by atoms with E-state index in [4.69, 9.17) is 16.3 Å². The van der Waals surface area contributed by atoms with E-state index < -0.39 is 5.56 Å². The van der Waals surface area contributed by atoms with Crippen molar-refractivity contribution in [1.29, 1.82) is 0 Å². The number of nitrogens with zero attached hydrogens (tertiary/aromatic N) is 2. The summed E-state index contributed by atoms with van der Waals surface area (Å²) in [4.78, 5) is 18.4. The van der Waals surface area contributed by atoms with Gasteiger partial charge >= 0.3 is 0 Å². The first kappa shape index (κ1) is 11.9. The van der Waals surface area contributed by atoms with Gasteiger partial charge in [0.15, 0.2) is 0 Å². The topological polar surface area (TPSA) is 42.4 Å². The van der Waals surface area contributed by atoms with Crippen molar-refractivity contribution in [2.75, 3.05) is 19.7 Å². The molecule has 1 aromatic carbocycles. The Balaban J connectivity index is 1.94. The fraction of sp³-hybridized carbons (Fsp3) is 0.333. The Hall–Kier alpha value is -1.17. The second-order valence-electron chi connectivity index (χ2n) is 4.04. The van der Waals surface area contributed by atoms with Crippen LogP contribution in [0.25, 0.3) is 10.2 Å². The summed E-state index contributed by atoms with van der Waals surface area (Å²) in [6.07, 6.45) is 0. The van der Waals surface area contributed by atoms with Crippen molar-refractivity contribution >= 4 is 39.1 Å². The molecular weight excluding hydrogens is 272 g/mol. The van der Waals surface area contributed by atoms with E-state index in [1.54, 1.807) is 10.4 Å². The molecule has 1 fully saturated rings. The highest BCUT2D eigenvalue weighted by Crippen LogP contribution is 2.24. The SMILES string of the molecule is O=C(c1cccc2ncsc12)N1CCOC(Cl)C1. The number of thiazole rings is 1. The minimum Gasteiger partial charge on any atom is -0.359 e. The van der Waals surface area contributed by atoms with Crippen LogP contribution in [0.3, 0.4) is 0 Å². The van der Waals surface area contributed by atoms with Gasteiger partial charge in [-0.15, -0.1) is 11.3 Å². The summed E-state index contributed by atoms with van der Waals surface area (Å²) in [7, 11) is 0. The third-order valence-corrected chi connectivity index (χ3v) is 4.04. The molecule has 1 atom stereocenters. The molecule has 1 aliphatic heterocycles. The maximum absolute atomic E-state index is 12.4. The number of hydrogen-bond acceptors (Lipinski definition) is 4. The molecule has 6 heteroatoms. The van der Waals surface area contributed by atoms with Gasteiger partial charge in [0.1, 0.15) is 5.56 Å². The van der Waals surface area contributed by atoms with Crippen LogP contribution in [-0.2, 0) is 4.74 Å².